The summed E-state index contributed by atoms with van der Waals surface area (Å²) in [5.74, 6) is 0.229. The fourth-order valence-electron chi connectivity index (χ4n) is 2.47. The number of rotatable bonds is 2. The smallest absolute Gasteiger partial charge is 0.211 e. The molecule has 2 rings (SSSR count). The summed E-state index contributed by atoms with van der Waals surface area (Å²) in [5, 5.41) is 3.82. The Morgan fingerprint density at radius 1 is 1.41 bits per heavy atom. The van der Waals surface area contributed by atoms with E-state index in [9.17, 15) is 8.78 Å². The van der Waals surface area contributed by atoms with Crippen LogP contribution in [0.4, 0.5) is 8.78 Å². The van der Waals surface area contributed by atoms with Gasteiger partial charge in [0.05, 0.1) is 6.20 Å². The molecule has 1 saturated heterocycles. The lowest BCUT2D eigenvalue weighted by molar-refractivity contribution is 0.0565. The molecule has 1 fully saturated rings. The Labute approximate surface area is 102 Å². The minimum Gasteiger partial charge on any atom is -0.211 e. The number of halogens is 2. The van der Waals surface area contributed by atoms with Gasteiger partial charge >= 0.3 is 6.55 Å². The quantitative estimate of drug-likeness (QED) is 0.720. The zero-order valence-corrected chi connectivity index (χ0v) is 10.7. The van der Waals surface area contributed by atoms with E-state index in [0.29, 0.717) is 0 Å². The molecule has 1 aromatic heterocycles. The van der Waals surface area contributed by atoms with Crippen molar-refractivity contribution in [2.24, 2.45) is 5.41 Å². The molecule has 1 radical (unpaired) electrons. The van der Waals surface area contributed by atoms with Crippen LogP contribution in [0.3, 0.4) is 0 Å². The van der Waals surface area contributed by atoms with Crippen LogP contribution in [-0.2, 0) is 0 Å². The summed E-state index contributed by atoms with van der Waals surface area (Å²) in [4.78, 5) is 0. The van der Waals surface area contributed by atoms with E-state index in [0.717, 1.165) is 16.7 Å². The van der Waals surface area contributed by atoms with Crippen LogP contribution in [0.15, 0.2) is 12.4 Å². The zero-order valence-electron chi connectivity index (χ0n) is 10.7. The molecular weight excluding hydrogens is 221 g/mol. The van der Waals surface area contributed by atoms with Gasteiger partial charge in [-0.3, -0.25) is 0 Å². The number of nitrogens with zero attached hydrogens (tertiary/aromatic N) is 2. The van der Waals surface area contributed by atoms with E-state index in [1.54, 1.807) is 6.20 Å². The molecule has 0 N–H and O–H groups in total. The molecule has 0 aliphatic carbocycles. The fourth-order valence-corrected chi connectivity index (χ4v) is 2.47. The lowest BCUT2D eigenvalue weighted by Gasteiger charge is -2.34. The van der Waals surface area contributed by atoms with E-state index in [-0.39, 0.29) is 16.5 Å². The SMILES string of the molecule is CC1(C)[B]C(c2cnn(C(F)F)c2)CC1(C)C. The molecule has 1 atom stereocenters. The molecule has 0 amide bonds. The lowest BCUT2D eigenvalue weighted by atomic mass is 9.47. The molecule has 93 valence electrons. The van der Waals surface area contributed by atoms with E-state index in [2.05, 4.69) is 40.1 Å². The van der Waals surface area contributed by atoms with Crippen molar-refractivity contribution in [2.45, 2.75) is 51.8 Å². The standard InChI is InChI=1S/C12H18BF2N2/c1-11(2)5-9(13-12(11,3)4)8-6-16-17(7-8)10(14)15/h6-7,9-10H,5H2,1-4H3. The summed E-state index contributed by atoms with van der Waals surface area (Å²) in [6.45, 7) is 6.29. The number of aromatic nitrogens is 2. The Bertz CT molecular complexity index is 396. The largest absolute Gasteiger partial charge is 0.333 e. The molecule has 0 bridgehead atoms. The third-order valence-corrected chi connectivity index (χ3v) is 4.34. The fraction of sp³-hybridized carbons (Fsp3) is 0.750. The highest BCUT2D eigenvalue weighted by Crippen LogP contribution is 2.57. The number of hydrogen-bond acceptors (Lipinski definition) is 1. The molecule has 2 heterocycles. The van der Waals surface area contributed by atoms with Gasteiger partial charge in [-0.05, 0) is 23.2 Å². The van der Waals surface area contributed by atoms with Crippen LogP contribution in [0.2, 0.25) is 5.31 Å². The Morgan fingerprint density at radius 3 is 2.47 bits per heavy atom. The van der Waals surface area contributed by atoms with Crippen molar-refractivity contribution in [1.82, 2.24) is 9.78 Å². The third-order valence-electron chi connectivity index (χ3n) is 4.34. The third kappa shape index (κ3) is 2.12. The number of alkyl halides is 2. The minimum atomic E-state index is -2.55. The van der Waals surface area contributed by atoms with Gasteiger partial charge in [-0.25, -0.2) is 4.68 Å². The highest BCUT2D eigenvalue weighted by Gasteiger charge is 2.47. The van der Waals surface area contributed by atoms with Crippen molar-refractivity contribution in [3.05, 3.63) is 18.0 Å². The summed E-state index contributed by atoms with van der Waals surface area (Å²) in [6, 6.07) is 0. The maximum atomic E-state index is 12.5. The first-order chi connectivity index (χ1) is 7.73. The first kappa shape index (κ1) is 12.6. The second-order valence-corrected chi connectivity index (χ2v) is 6.11. The summed E-state index contributed by atoms with van der Waals surface area (Å²) in [5.41, 5.74) is 1.08. The van der Waals surface area contributed by atoms with Gasteiger partial charge in [0.15, 0.2) is 0 Å². The second-order valence-electron chi connectivity index (χ2n) is 6.11. The molecule has 1 unspecified atom stereocenters. The van der Waals surface area contributed by atoms with E-state index in [4.69, 9.17) is 0 Å². The van der Waals surface area contributed by atoms with Gasteiger partial charge in [0, 0.05) is 6.20 Å². The van der Waals surface area contributed by atoms with Crippen LogP contribution >= 0.6 is 0 Å². The van der Waals surface area contributed by atoms with Crippen molar-refractivity contribution in [3.8, 4) is 0 Å². The highest BCUT2D eigenvalue weighted by molar-refractivity contribution is 6.43. The van der Waals surface area contributed by atoms with Crippen molar-refractivity contribution in [1.29, 1.82) is 0 Å². The maximum absolute atomic E-state index is 12.5. The summed E-state index contributed by atoms with van der Waals surface area (Å²) >= 11 is 0. The van der Waals surface area contributed by atoms with E-state index >= 15 is 0 Å². The van der Waals surface area contributed by atoms with Gasteiger partial charge in [0.1, 0.15) is 7.28 Å². The molecule has 2 nitrogen and oxygen atoms in total. The van der Waals surface area contributed by atoms with Gasteiger partial charge in [-0.1, -0.05) is 33.0 Å². The Hall–Kier alpha value is -0.865. The predicted molar refractivity (Wildman–Crippen MR) is 64.4 cm³/mol. The van der Waals surface area contributed by atoms with Crippen molar-refractivity contribution < 1.29 is 8.78 Å². The normalized spacial score (nSPS) is 26.2. The van der Waals surface area contributed by atoms with Crippen LogP contribution in [0.5, 0.6) is 0 Å². The zero-order chi connectivity index (χ0) is 12.8. The summed E-state index contributed by atoms with van der Waals surface area (Å²) < 4.78 is 25.6. The van der Waals surface area contributed by atoms with Crippen LogP contribution in [-0.4, -0.2) is 17.1 Å². The monoisotopic (exact) mass is 239 g/mol. The topological polar surface area (TPSA) is 17.8 Å². The first-order valence-electron chi connectivity index (χ1n) is 5.91. The Morgan fingerprint density at radius 2 is 2.06 bits per heavy atom. The highest BCUT2D eigenvalue weighted by atomic mass is 19.3. The average Bonchev–Trinajstić information content (AvgIpc) is 2.70. The van der Waals surface area contributed by atoms with Crippen LogP contribution < -0.4 is 0 Å². The second kappa shape index (κ2) is 3.82. The first-order valence-corrected chi connectivity index (χ1v) is 5.91. The lowest BCUT2D eigenvalue weighted by Crippen LogP contribution is -2.23. The van der Waals surface area contributed by atoms with Crippen molar-refractivity contribution >= 4 is 7.28 Å². The molecule has 1 aliphatic rings. The summed E-state index contributed by atoms with van der Waals surface area (Å²) in [6.07, 6.45) is 4.00. The van der Waals surface area contributed by atoms with E-state index in [1.807, 2.05) is 0 Å². The summed E-state index contributed by atoms with van der Waals surface area (Å²) in [7, 11) is 2.26. The van der Waals surface area contributed by atoms with Gasteiger partial charge in [0.2, 0.25) is 0 Å². The van der Waals surface area contributed by atoms with Crippen LogP contribution in [0.25, 0.3) is 0 Å². The molecule has 0 aromatic carbocycles. The molecule has 17 heavy (non-hydrogen) atoms. The molecule has 5 heteroatoms. The number of hydrogen-bond donors (Lipinski definition) is 0. The molecule has 0 saturated carbocycles. The van der Waals surface area contributed by atoms with Gasteiger partial charge in [0.25, 0.3) is 0 Å². The van der Waals surface area contributed by atoms with E-state index < -0.39 is 6.55 Å². The Kier molecular flexibility index (Phi) is 2.83. The van der Waals surface area contributed by atoms with Crippen molar-refractivity contribution in [3.63, 3.8) is 0 Å². The molecule has 0 spiro atoms. The molecular formula is C12H18BF2N2. The predicted octanol–water partition coefficient (Wildman–Crippen LogP) is 3.65. The minimum absolute atomic E-state index is 0.116. The van der Waals surface area contributed by atoms with E-state index in [1.165, 1.54) is 6.20 Å². The van der Waals surface area contributed by atoms with Crippen LogP contribution in [0.1, 0.15) is 52.0 Å². The van der Waals surface area contributed by atoms with Gasteiger partial charge < -0.3 is 0 Å². The molecule has 1 aromatic rings. The molecule has 1 aliphatic heterocycles. The Balaban J connectivity index is 2.20. The average molecular weight is 239 g/mol. The van der Waals surface area contributed by atoms with Gasteiger partial charge in [-0.2, -0.15) is 13.9 Å². The van der Waals surface area contributed by atoms with Crippen LogP contribution in [0, 0.1) is 5.41 Å². The van der Waals surface area contributed by atoms with Gasteiger partial charge in [-0.15, -0.1) is 0 Å². The van der Waals surface area contributed by atoms with Crippen molar-refractivity contribution in [2.75, 3.05) is 0 Å². The maximum Gasteiger partial charge on any atom is 0.333 e.